The molecule has 1 aromatic carbocycles. The quantitative estimate of drug-likeness (QED) is 0.616. The maximum Gasteiger partial charge on any atom is 0.250 e. The van der Waals surface area contributed by atoms with Crippen molar-refractivity contribution in [2.45, 2.75) is 70.5 Å². The highest BCUT2D eigenvalue weighted by Gasteiger charge is 2.39. The van der Waals surface area contributed by atoms with Crippen LogP contribution in [0, 0.1) is 12.2 Å². The van der Waals surface area contributed by atoms with Crippen LogP contribution in [-0.4, -0.2) is 8.32 Å². The van der Waals surface area contributed by atoms with Crippen molar-refractivity contribution in [3.05, 3.63) is 36.0 Å². The number of hydrogen-bond acceptors (Lipinski definition) is 1. The van der Waals surface area contributed by atoms with Gasteiger partial charge in [0.15, 0.2) is 5.82 Å². The second kappa shape index (κ2) is 6.11. The van der Waals surface area contributed by atoms with Crippen molar-refractivity contribution < 1.29 is 8.82 Å². The fourth-order valence-corrected chi connectivity index (χ4v) is 3.56. The standard InChI is InChI=1S/C18H28FOSi/c1-18(2,3)21(4,5)20-17-12-11-15(13-16(17)19)14-9-7-6-8-10-14/h6,11-14H,7-10H2,1-5H3. The van der Waals surface area contributed by atoms with E-state index in [0.29, 0.717) is 11.7 Å². The van der Waals surface area contributed by atoms with Gasteiger partial charge in [0.25, 0.3) is 8.32 Å². The monoisotopic (exact) mass is 307 g/mol. The summed E-state index contributed by atoms with van der Waals surface area (Å²) in [4.78, 5) is 0. The van der Waals surface area contributed by atoms with E-state index >= 15 is 0 Å². The first-order valence-electron chi connectivity index (χ1n) is 8.01. The van der Waals surface area contributed by atoms with Crippen LogP contribution >= 0.6 is 0 Å². The largest absolute Gasteiger partial charge is 0.542 e. The van der Waals surface area contributed by atoms with Gasteiger partial charge in [-0.3, -0.25) is 0 Å². The predicted molar refractivity (Wildman–Crippen MR) is 89.7 cm³/mol. The smallest absolute Gasteiger partial charge is 0.250 e. The molecule has 0 atom stereocenters. The lowest BCUT2D eigenvalue weighted by molar-refractivity contribution is 0.453. The van der Waals surface area contributed by atoms with E-state index in [-0.39, 0.29) is 10.9 Å². The molecule has 2 rings (SSSR count). The van der Waals surface area contributed by atoms with Gasteiger partial charge in [-0.1, -0.05) is 26.8 Å². The zero-order chi connectivity index (χ0) is 15.7. The molecular weight excluding hydrogens is 279 g/mol. The summed E-state index contributed by atoms with van der Waals surface area (Å²) in [7, 11) is -1.98. The van der Waals surface area contributed by atoms with E-state index in [1.54, 1.807) is 6.07 Å². The summed E-state index contributed by atoms with van der Waals surface area (Å²) in [5, 5.41) is 0.0807. The lowest BCUT2D eigenvalue weighted by atomic mass is 9.84. The molecule has 1 aliphatic carbocycles. The molecule has 0 spiro atoms. The van der Waals surface area contributed by atoms with Gasteiger partial charge in [-0.25, -0.2) is 4.39 Å². The Kier molecular flexibility index (Phi) is 4.81. The van der Waals surface area contributed by atoms with Crippen molar-refractivity contribution in [1.82, 2.24) is 0 Å². The SMILES string of the molecule is CC(C)(C)[Si](C)(C)Oc1ccc(C2CC[CH]CC2)cc1F. The summed E-state index contributed by atoms with van der Waals surface area (Å²) in [6, 6.07) is 5.59. The molecule has 117 valence electrons. The fraction of sp³-hybridized carbons (Fsp3) is 0.611. The van der Waals surface area contributed by atoms with Crippen molar-refractivity contribution in [2.75, 3.05) is 0 Å². The minimum absolute atomic E-state index is 0.0807. The Bertz CT molecular complexity index is 484. The average Bonchev–Trinajstić information content (AvgIpc) is 2.40. The average molecular weight is 308 g/mol. The molecule has 0 bridgehead atoms. The van der Waals surface area contributed by atoms with Crippen LogP contribution in [0.4, 0.5) is 4.39 Å². The molecule has 1 saturated carbocycles. The van der Waals surface area contributed by atoms with Crippen LogP contribution in [0.5, 0.6) is 5.75 Å². The van der Waals surface area contributed by atoms with Gasteiger partial charge in [0, 0.05) is 0 Å². The van der Waals surface area contributed by atoms with Crippen LogP contribution in [-0.2, 0) is 0 Å². The lowest BCUT2D eigenvalue weighted by Crippen LogP contribution is -2.44. The first kappa shape index (κ1) is 16.5. The van der Waals surface area contributed by atoms with Gasteiger partial charge in [-0.05, 0) is 73.9 Å². The normalized spacial score (nSPS) is 17.8. The van der Waals surface area contributed by atoms with E-state index in [4.69, 9.17) is 4.43 Å². The fourth-order valence-electron chi connectivity index (χ4n) is 2.54. The Labute approximate surface area is 130 Å². The zero-order valence-electron chi connectivity index (χ0n) is 14.0. The number of benzene rings is 1. The molecule has 0 heterocycles. The molecule has 3 heteroatoms. The summed E-state index contributed by atoms with van der Waals surface area (Å²) in [6.07, 6.45) is 6.91. The Morgan fingerprint density at radius 1 is 1.14 bits per heavy atom. The van der Waals surface area contributed by atoms with Crippen molar-refractivity contribution in [3.8, 4) is 5.75 Å². The van der Waals surface area contributed by atoms with Crippen molar-refractivity contribution >= 4 is 8.32 Å². The van der Waals surface area contributed by atoms with Crippen LogP contribution in [0.15, 0.2) is 18.2 Å². The first-order valence-corrected chi connectivity index (χ1v) is 10.9. The third-order valence-electron chi connectivity index (χ3n) is 5.04. The first-order chi connectivity index (χ1) is 9.71. The second-order valence-corrected chi connectivity index (χ2v) is 12.4. The second-order valence-electron chi connectivity index (χ2n) is 7.69. The Balaban J connectivity index is 2.16. The Morgan fingerprint density at radius 2 is 1.76 bits per heavy atom. The van der Waals surface area contributed by atoms with Gasteiger partial charge < -0.3 is 4.43 Å². The molecule has 0 aromatic heterocycles. The van der Waals surface area contributed by atoms with Crippen LogP contribution < -0.4 is 4.43 Å². The van der Waals surface area contributed by atoms with E-state index in [1.165, 1.54) is 0 Å². The molecule has 0 unspecified atom stereocenters. The van der Waals surface area contributed by atoms with E-state index < -0.39 is 8.32 Å². The molecule has 1 aromatic rings. The summed E-state index contributed by atoms with van der Waals surface area (Å²) in [5.74, 6) is 0.728. The minimum atomic E-state index is -1.98. The molecule has 0 aliphatic heterocycles. The van der Waals surface area contributed by atoms with Crippen molar-refractivity contribution in [1.29, 1.82) is 0 Å². The van der Waals surface area contributed by atoms with Crippen molar-refractivity contribution in [3.63, 3.8) is 0 Å². The van der Waals surface area contributed by atoms with Gasteiger partial charge >= 0.3 is 0 Å². The molecule has 0 saturated heterocycles. The Morgan fingerprint density at radius 3 is 2.29 bits per heavy atom. The molecule has 0 amide bonds. The van der Waals surface area contributed by atoms with Gasteiger partial charge in [-0.2, -0.15) is 0 Å². The minimum Gasteiger partial charge on any atom is -0.542 e. The molecule has 1 aliphatic rings. The summed E-state index contributed by atoms with van der Waals surface area (Å²) >= 11 is 0. The zero-order valence-corrected chi connectivity index (χ0v) is 15.0. The maximum atomic E-state index is 14.4. The van der Waals surface area contributed by atoms with Crippen LogP contribution in [0.1, 0.15) is 57.9 Å². The van der Waals surface area contributed by atoms with Gasteiger partial charge in [-0.15, -0.1) is 0 Å². The molecule has 1 radical (unpaired) electrons. The highest BCUT2D eigenvalue weighted by atomic mass is 28.4. The number of hydrogen-bond donors (Lipinski definition) is 0. The predicted octanol–water partition coefficient (Wildman–Crippen LogP) is 6.07. The van der Waals surface area contributed by atoms with E-state index in [0.717, 1.165) is 31.2 Å². The van der Waals surface area contributed by atoms with E-state index in [2.05, 4.69) is 46.4 Å². The molecule has 1 fully saturated rings. The third-order valence-corrected chi connectivity index (χ3v) is 9.38. The highest BCUT2D eigenvalue weighted by molar-refractivity contribution is 6.74. The van der Waals surface area contributed by atoms with Crippen molar-refractivity contribution in [2.24, 2.45) is 0 Å². The summed E-state index contributed by atoms with van der Waals surface area (Å²) < 4.78 is 20.5. The summed E-state index contributed by atoms with van der Waals surface area (Å²) in [6.45, 7) is 10.8. The summed E-state index contributed by atoms with van der Waals surface area (Å²) in [5.41, 5.74) is 1.13. The molecule has 1 nitrogen and oxygen atoms in total. The van der Waals surface area contributed by atoms with Gasteiger partial charge in [0.05, 0.1) is 0 Å². The van der Waals surface area contributed by atoms with Crippen LogP contribution in [0.3, 0.4) is 0 Å². The van der Waals surface area contributed by atoms with Gasteiger partial charge in [0.2, 0.25) is 0 Å². The Hall–Kier alpha value is -0.833. The van der Waals surface area contributed by atoms with Gasteiger partial charge in [0.1, 0.15) is 5.75 Å². The number of halogens is 1. The van der Waals surface area contributed by atoms with Crippen LogP contribution in [0.2, 0.25) is 18.1 Å². The maximum absolute atomic E-state index is 14.4. The molecule has 0 N–H and O–H groups in total. The third kappa shape index (κ3) is 3.88. The van der Waals surface area contributed by atoms with E-state index in [1.807, 2.05) is 6.07 Å². The van der Waals surface area contributed by atoms with Crippen LogP contribution in [0.25, 0.3) is 0 Å². The molecular formula is C18H28FOSi. The lowest BCUT2D eigenvalue weighted by Gasteiger charge is -2.36. The number of rotatable bonds is 3. The topological polar surface area (TPSA) is 9.23 Å². The highest BCUT2D eigenvalue weighted by Crippen LogP contribution is 2.39. The van der Waals surface area contributed by atoms with E-state index in [9.17, 15) is 4.39 Å². The molecule has 21 heavy (non-hydrogen) atoms.